The van der Waals surface area contributed by atoms with Gasteiger partial charge in [-0.15, -0.1) is 0 Å². The predicted molar refractivity (Wildman–Crippen MR) is 79.2 cm³/mol. The molecule has 7 heteroatoms. The summed E-state index contributed by atoms with van der Waals surface area (Å²) in [6.45, 7) is 1.85. The molecule has 0 saturated heterocycles. The lowest BCUT2D eigenvalue weighted by molar-refractivity contribution is -0.139. The number of hydrogen-bond acceptors (Lipinski definition) is 3. The maximum Gasteiger partial charge on any atom is 0.326 e. The number of ether oxygens (including phenoxy) is 1. The van der Waals surface area contributed by atoms with Gasteiger partial charge in [0.2, 0.25) is 0 Å². The van der Waals surface area contributed by atoms with E-state index in [0.29, 0.717) is 24.3 Å². The van der Waals surface area contributed by atoms with Gasteiger partial charge in [-0.3, -0.25) is 0 Å². The average molecular weight is 345 g/mol. The largest absolute Gasteiger partial charge is 0.495 e. The van der Waals surface area contributed by atoms with E-state index in [-0.39, 0.29) is 0 Å². The Hall–Kier alpha value is -1.76. The highest BCUT2D eigenvalue weighted by atomic mass is 79.9. The molecule has 1 rings (SSSR count). The van der Waals surface area contributed by atoms with Crippen molar-refractivity contribution in [2.75, 3.05) is 12.4 Å². The maximum atomic E-state index is 11.8. The zero-order valence-corrected chi connectivity index (χ0v) is 12.9. The van der Waals surface area contributed by atoms with E-state index in [1.807, 2.05) is 6.92 Å². The van der Waals surface area contributed by atoms with Crippen LogP contribution >= 0.6 is 15.9 Å². The van der Waals surface area contributed by atoms with Crippen LogP contribution in [0.25, 0.3) is 0 Å². The molecule has 0 aliphatic carbocycles. The van der Waals surface area contributed by atoms with Crippen LogP contribution in [0.3, 0.4) is 0 Å². The molecule has 3 N–H and O–H groups in total. The molecule has 0 bridgehead atoms. The van der Waals surface area contributed by atoms with Crippen LogP contribution in [0.1, 0.15) is 19.8 Å². The van der Waals surface area contributed by atoms with Crippen molar-refractivity contribution in [1.82, 2.24) is 5.32 Å². The molecular formula is C13H17BrN2O4. The molecule has 110 valence electrons. The lowest BCUT2D eigenvalue weighted by Crippen LogP contribution is -2.42. The SMILES string of the molecule is CCC[C@@H](NC(=O)Nc1cc(Br)ccc1OC)C(=O)O. The minimum Gasteiger partial charge on any atom is -0.495 e. The Labute approximate surface area is 125 Å². The quantitative estimate of drug-likeness (QED) is 0.740. The molecule has 0 aromatic heterocycles. The Balaban J connectivity index is 2.75. The zero-order chi connectivity index (χ0) is 15.1. The van der Waals surface area contributed by atoms with Crippen molar-refractivity contribution in [2.45, 2.75) is 25.8 Å². The molecule has 0 fully saturated rings. The van der Waals surface area contributed by atoms with Crippen molar-refractivity contribution in [1.29, 1.82) is 0 Å². The molecule has 1 atom stereocenters. The molecule has 20 heavy (non-hydrogen) atoms. The second kappa shape index (κ2) is 7.74. The van der Waals surface area contributed by atoms with Crippen LogP contribution < -0.4 is 15.4 Å². The van der Waals surface area contributed by atoms with E-state index in [0.717, 1.165) is 4.47 Å². The van der Waals surface area contributed by atoms with Gasteiger partial charge in [-0.1, -0.05) is 29.3 Å². The third-order valence-electron chi connectivity index (χ3n) is 2.59. The molecule has 6 nitrogen and oxygen atoms in total. The van der Waals surface area contributed by atoms with Crippen molar-refractivity contribution in [3.63, 3.8) is 0 Å². The summed E-state index contributed by atoms with van der Waals surface area (Å²) in [6.07, 6.45) is 1.04. The van der Waals surface area contributed by atoms with Crippen molar-refractivity contribution in [3.05, 3.63) is 22.7 Å². The summed E-state index contributed by atoms with van der Waals surface area (Å²) in [4.78, 5) is 22.8. The van der Waals surface area contributed by atoms with Gasteiger partial charge in [-0.2, -0.15) is 0 Å². The summed E-state index contributed by atoms with van der Waals surface area (Å²) in [5, 5.41) is 14.0. The first-order valence-corrected chi connectivity index (χ1v) is 6.91. The number of urea groups is 1. The number of aliphatic carboxylic acids is 1. The van der Waals surface area contributed by atoms with Gasteiger partial charge >= 0.3 is 12.0 Å². The number of nitrogens with one attached hydrogen (secondary N) is 2. The first kappa shape index (κ1) is 16.3. The summed E-state index contributed by atoms with van der Waals surface area (Å²) < 4.78 is 5.90. The Morgan fingerprint density at radius 3 is 2.70 bits per heavy atom. The summed E-state index contributed by atoms with van der Waals surface area (Å²) in [5.74, 6) is -0.561. The topological polar surface area (TPSA) is 87.7 Å². The molecule has 1 aromatic carbocycles. The van der Waals surface area contributed by atoms with Crippen LogP contribution in [-0.4, -0.2) is 30.3 Å². The van der Waals surface area contributed by atoms with Gasteiger partial charge in [0.15, 0.2) is 0 Å². The molecule has 0 radical (unpaired) electrons. The summed E-state index contributed by atoms with van der Waals surface area (Å²) >= 11 is 3.29. The highest BCUT2D eigenvalue weighted by Crippen LogP contribution is 2.27. The first-order chi connectivity index (χ1) is 9.47. The number of hydrogen-bond donors (Lipinski definition) is 3. The summed E-state index contributed by atoms with van der Waals surface area (Å²) in [5.41, 5.74) is 0.458. The highest BCUT2D eigenvalue weighted by Gasteiger charge is 2.19. The molecular weight excluding hydrogens is 328 g/mol. The number of carbonyl (C=O) groups is 2. The van der Waals surface area contributed by atoms with Crippen LogP contribution in [0.2, 0.25) is 0 Å². The minimum absolute atomic E-state index is 0.373. The van der Waals surface area contributed by atoms with Crippen molar-refractivity contribution in [3.8, 4) is 5.75 Å². The number of halogens is 1. The van der Waals surface area contributed by atoms with E-state index in [1.54, 1.807) is 18.2 Å². The van der Waals surface area contributed by atoms with Gasteiger partial charge in [0.25, 0.3) is 0 Å². The fourth-order valence-corrected chi connectivity index (χ4v) is 2.00. The number of carboxylic acids is 1. The van der Waals surface area contributed by atoms with Gasteiger partial charge in [0, 0.05) is 4.47 Å². The number of carbonyl (C=O) groups excluding carboxylic acids is 1. The van der Waals surface area contributed by atoms with E-state index in [9.17, 15) is 9.59 Å². The second-order valence-corrected chi connectivity index (χ2v) is 5.04. The first-order valence-electron chi connectivity index (χ1n) is 6.11. The van der Waals surface area contributed by atoms with Crippen molar-refractivity contribution >= 4 is 33.6 Å². The Morgan fingerprint density at radius 2 is 2.15 bits per heavy atom. The van der Waals surface area contributed by atoms with Crippen LogP contribution in [-0.2, 0) is 4.79 Å². The predicted octanol–water partition coefficient (Wildman–Crippen LogP) is 2.83. The monoisotopic (exact) mass is 344 g/mol. The average Bonchev–Trinajstić information content (AvgIpc) is 2.38. The van der Waals surface area contributed by atoms with Crippen LogP contribution in [0, 0.1) is 0 Å². The molecule has 0 unspecified atom stereocenters. The molecule has 1 aromatic rings. The van der Waals surface area contributed by atoms with Crippen LogP contribution in [0.5, 0.6) is 5.75 Å². The Morgan fingerprint density at radius 1 is 1.45 bits per heavy atom. The van der Waals surface area contributed by atoms with Gasteiger partial charge in [-0.25, -0.2) is 9.59 Å². The lowest BCUT2D eigenvalue weighted by Gasteiger charge is -2.15. The summed E-state index contributed by atoms with van der Waals surface area (Å²) in [7, 11) is 1.49. The van der Waals surface area contributed by atoms with E-state index < -0.39 is 18.0 Å². The molecule has 0 aliphatic rings. The van der Waals surface area contributed by atoms with Gasteiger partial charge in [0.1, 0.15) is 11.8 Å². The fourth-order valence-electron chi connectivity index (χ4n) is 1.64. The maximum absolute atomic E-state index is 11.8. The van der Waals surface area contributed by atoms with Crippen LogP contribution in [0.15, 0.2) is 22.7 Å². The second-order valence-electron chi connectivity index (χ2n) is 4.12. The third kappa shape index (κ3) is 4.73. The standard InChI is InChI=1S/C13H17BrN2O4/c1-3-4-9(12(17)18)15-13(19)16-10-7-8(14)5-6-11(10)20-2/h5-7,9H,3-4H2,1-2H3,(H,17,18)(H2,15,16,19)/t9-/m1/s1. The Kier molecular flexibility index (Phi) is 6.30. The smallest absolute Gasteiger partial charge is 0.326 e. The number of carboxylic acid groups (broad SMARTS) is 1. The molecule has 2 amide bonds. The summed E-state index contributed by atoms with van der Waals surface area (Å²) in [6, 6.07) is 3.66. The molecule has 0 saturated carbocycles. The number of benzene rings is 1. The minimum atomic E-state index is -1.05. The lowest BCUT2D eigenvalue weighted by atomic mass is 10.2. The van der Waals surface area contributed by atoms with E-state index in [1.165, 1.54) is 7.11 Å². The van der Waals surface area contributed by atoms with Crippen LogP contribution in [0.4, 0.5) is 10.5 Å². The molecule has 0 spiro atoms. The van der Waals surface area contributed by atoms with E-state index in [2.05, 4.69) is 26.6 Å². The fraction of sp³-hybridized carbons (Fsp3) is 0.385. The van der Waals surface area contributed by atoms with E-state index in [4.69, 9.17) is 9.84 Å². The van der Waals surface area contributed by atoms with Crippen molar-refractivity contribution < 1.29 is 19.4 Å². The number of methoxy groups -OCH3 is 1. The van der Waals surface area contributed by atoms with Gasteiger partial charge < -0.3 is 20.5 Å². The highest BCUT2D eigenvalue weighted by molar-refractivity contribution is 9.10. The number of amides is 2. The molecule has 0 aliphatic heterocycles. The molecule has 0 heterocycles. The number of rotatable bonds is 6. The van der Waals surface area contributed by atoms with Gasteiger partial charge in [0.05, 0.1) is 12.8 Å². The van der Waals surface area contributed by atoms with Crippen molar-refractivity contribution in [2.24, 2.45) is 0 Å². The van der Waals surface area contributed by atoms with E-state index >= 15 is 0 Å². The normalized spacial score (nSPS) is 11.6. The zero-order valence-electron chi connectivity index (χ0n) is 11.3. The number of anilines is 1. The third-order valence-corrected chi connectivity index (χ3v) is 3.08. The van der Waals surface area contributed by atoms with Gasteiger partial charge in [-0.05, 0) is 24.6 Å². The Bertz CT molecular complexity index is 493.